The van der Waals surface area contributed by atoms with E-state index in [1.54, 1.807) is 7.11 Å². The van der Waals surface area contributed by atoms with Crippen LogP contribution in [0, 0.1) is 5.92 Å². The zero-order chi connectivity index (χ0) is 11.8. The number of hydrogen-bond acceptors (Lipinski definition) is 2. The molecule has 88 valence electrons. The van der Waals surface area contributed by atoms with Gasteiger partial charge in [0.2, 0.25) is 0 Å². The van der Waals surface area contributed by atoms with Gasteiger partial charge in [0.15, 0.2) is 0 Å². The van der Waals surface area contributed by atoms with Gasteiger partial charge in [-0.15, -0.1) is 0 Å². The maximum atomic E-state index is 10.7. The van der Waals surface area contributed by atoms with Crippen molar-refractivity contribution in [2.75, 3.05) is 7.11 Å². The highest BCUT2D eigenvalue weighted by Crippen LogP contribution is 2.42. The van der Waals surface area contributed by atoms with E-state index in [1.165, 1.54) is 5.56 Å². The van der Waals surface area contributed by atoms with Crippen molar-refractivity contribution in [1.82, 2.24) is 0 Å². The van der Waals surface area contributed by atoms with Crippen LogP contribution in [-0.4, -0.2) is 12.2 Å². The maximum absolute atomic E-state index is 10.7. The van der Waals surface area contributed by atoms with Gasteiger partial charge in [0.25, 0.3) is 0 Å². The zero-order valence-corrected chi connectivity index (χ0v) is 10.3. The fourth-order valence-corrected chi connectivity index (χ4v) is 2.70. The van der Waals surface area contributed by atoms with Gasteiger partial charge in [-0.3, -0.25) is 0 Å². The Bertz CT molecular complexity index is 384. The molecule has 0 bridgehead atoms. The highest BCUT2D eigenvalue weighted by Gasteiger charge is 2.37. The SMILES string of the molecule is COc1ccc2c(c1)C(O)(CC(C)C)CC2. The number of methoxy groups -OCH3 is 1. The zero-order valence-electron chi connectivity index (χ0n) is 10.3. The van der Waals surface area contributed by atoms with Gasteiger partial charge in [0, 0.05) is 0 Å². The minimum atomic E-state index is -0.641. The molecule has 0 aromatic heterocycles. The Hall–Kier alpha value is -1.02. The number of fused-ring (bicyclic) bond motifs is 1. The Morgan fingerprint density at radius 1 is 1.44 bits per heavy atom. The molecule has 0 spiro atoms. The summed E-state index contributed by atoms with van der Waals surface area (Å²) in [5.74, 6) is 1.34. The van der Waals surface area contributed by atoms with Crippen LogP contribution in [-0.2, 0) is 12.0 Å². The van der Waals surface area contributed by atoms with Crippen molar-refractivity contribution in [2.45, 2.75) is 38.7 Å². The molecule has 0 amide bonds. The third-order valence-electron chi connectivity index (χ3n) is 3.37. The molecule has 1 unspecified atom stereocenters. The molecule has 1 atom stereocenters. The molecule has 0 aliphatic heterocycles. The average Bonchev–Trinajstić information content (AvgIpc) is 2.55. The van der Waals surface area contributed by atoms with E-state index < -0.39 is 5.60 Å². The topological polar surface area (TPSA) is 29.5 Å². The molecule has 16 heavy (non-hydrogen) atoms. The Morgan fingerprint density at radius 3 is 2.81 bits per heavy atom. The molecule has 0 radical (unpaired) electrons. The lowest BCUT2D eigenvalue weighted by Crippen LogP contribution is -2.24. The summed E-state index contributed by atoms with van der Waals surface area (Å²) in [6.45, 7) is 4.30. The Morgan fingerprint density at radius 2 is 2.19 bits per heavy atom. The summed E-state index contributed by atoms with van der Waals surface area (Å²) < 4.78 is 5.23. The summed E-state index contributed by atoms with van der Waals surface area (Å²) in [4.78, 5) is 0. The van der Waals surface area contributed by atoms with Crippen LogP contribution in [0.1, 0.15) is 37.8 Å². The third-order valence-corrected chi connectivity index (χ3v) is 3.37. The smallest absolute Gasteiger partial charge is 0.119 e. The van der Waals surface area contributed by atoms with E-state index >= 15 is 0 Å². The van der Waals surface area contributed by atoms with Crippen molar-refractivity contribution in [2.24, 2.45) is 5.92 Å². The predicted molar refractivity (Wildman–Crippen MR) is 64.7 cm³/mol. The summed E-state index contributed by atoms with van der Waals surface area (Å²) in [7, 11) is 1.66. The van der Waals surface area contributed by atoms with Crippen molar-refractivity contribution < 1.29 is 9.84 Å². The molecule has 2 rings (SSSR count). The van der Waals surface area contributed by atoms with Gasteiger partial charge in [-0.05, 0) is 48.4 Å². The normalized spacial score (nSPS) is 23.6. The lowest BCUT2D eigenvalue weighted by atomic mass is 9.87. The Kier molecular flexibility index (Phi) is 2.94. The molecular weight excluding hydrogens is 200 g/mol. The number of ether oxygens (including phenoxy) is 1. The van der Waals surface area contributed by atoms with E-state index in [0.29, 0.717) is 5.92 Å². The minimum absolute atomic E-state index is 0.502. The second kappa shape index (κ2) is 4.10. The van der Waals surface area contributed by atoms with Crippen LogP contribution in [0.25, 0.3) is 0 Å². The van der Waals surface area contributed by atoms with Gasteiger partial charge in [-0.25, -0.2) is 0 Å². The van der Waals surface area contributed by atoms with Gasteiger partial charge >= 0.3 is 0 Å². The monoisotopic (exact) mass is 220 g/mol. The van der Waals surface area contributed by atoms with Crippen LogP contribution in [0.4, 0.5) is 0 Å². The number of rotatable bonds is 3. The van der Waals surface area contributed by atoms with Crippen molar-refractivity contribution in [3.63, 3.8) is 0 Å². The van der Waals surface area contributed by atoms with Crippen molar-refractivity contribution >= 4 is 0 Å². The van der Waals surface area contributed by atoms with Crippen molar-refractivity contribution in [1.29, 1.82) is 0 Å². The van der Waals surface area contributed by atoms with Crippen LogP contribution >= 0.6 is 0 Å². The standard InChI is InChI=1S/C14H20O2/c1-10(2)9-14(15)7-6-11-4-5-12(16-3)8-13(11)14/h4-5,8,10,15H,6-7,9H2,1-3H3. The number of aryl methyl sites for hydroxylation is 1. The summed E-state index contributed by atoms with van der Waals surface area (Å²) in [6, 6.07) is 6.04. The van der Waals surface area contributed by atoms with E-state index in [0.717, 1.165) is 30.6 Å². The molecule has 0 saturated carbocycles. The number of benzene rings is 1. The first-order valence-electron chi connectivity index (χ1n) is 5.95. The molecule has 1 aliphatic carbocycles. The minimum Gasteiger partial charge on any atom is -0.497 e. The maximum Gasteiger partial charge on any atom is 0.119 e. The van der Waals surface area contributed by atoms with E-state index in [4.69, 9.17) is 4.74 Å². The fourth-order valence-electron chi connectivity index (χ4n) is 2.70. The van der Waals surface area contributed by atoms with E-state index in [2.05, 4.69) is 19.9 Å². The molecule has 1 N–H and O–H groups in total. The van der Waals surface area contributed by atoms with Crippen LogP contribution in [0.3, 0.4) is 0 Å². The molecule has 0 fully saturated rings. The lowest BCUT2D eigenvalue weighted by molar-refractivity contribution is 0.0171. The van der Waals surface area contributed by atoms with Gasteiger partial charge in [0.05, 0.1) is 12.7 Å². The van der Waals surface area contributed by atoms with Crippen LogP contribution in [0.2, 0.25) is 0 Å². The van der Waals surface area contributed by atoms with Crippen LogP contribution in [0.5, 0.6) is 5.75 Å². The van der Waals surface area contributed by atoms with Gasteiger partial charge in [-0.2, -0.15) is 0 Å². The quantitative estimate of drug-likeness (QED) is 0.848. The summed E-state index contributed by atoms with van der Waals surface area (Å²) >= 11 is 0. The first-order chi connectivity index (χ1) is 7.55. The van der Waals surface area contributed by atoms with Gasteiger partial charge in [0.1, 0.15) is 5.75 Å². The predicted octanol–water partition coefficient (Wildman–Crippen LogP) is 2.88. The molecule has 0 saturated heterocycles. The number of hydrogen-bond donors (Lipinski definition) is 1. The average molecular weight is 220 g/mol. The van der Waals surface area contributed by atoms with E-state index in [9.17, 15) is 5.11 Å². The highest BCUT2D eigenvalue weighted by molar-refractivity contribution is 5.42. The molecule has 2 heteroatoms. The summed E-state index contributed by atoms with van der Waals surface area (Å²) in [5, 5.41) is 10.7. The van der Waals surface area contributed by atoms with Crippen molar-refractivity contribution in [3.05, 3.63) is 29.3 Å². The summed E-state index contributed by atoms with van der Waals surface area (Å²) in [6.07, 6.45) is 2.64. The molecule has 1 aliphatic rings. The van der Waals surface area contributed by atoms with Crippen LogP contribution in [0.15, 0.2) is 18.2 Å². The van der Waals surface area contributed by atoms with Gasteiger partial charge < -0.3 is 9.84 Å². The molecule has 1 aromatic rings. The molecule has 2 nitrogen and oxygen atoms in total. The lowest BCUT2D eigenvalue weighted by Gasteiger charge is -2.26. The first-order valence-corrected chi connectivity index (χ1v) is 5.95. The second-order valence-corrected chi connectivity index (χ2v) is 5.15. The second-order valence-electron chi connectivity index (χ2n) is 5.15. The fraction of sp³-hybridized carbons (Fsp3) is 0.571. The molecule has 0 heterocycles. The van der Waals surface area contributed by atoms with Crippen LogP contribution < -0.4 is 4.74 Å². The Balaban J connectivity index is 2.36. The number of aliphatic hydroxyl groups is 1. The molecule has 1 aromatic carbocycles. The van der Waals surface area contributed by atoms with Gasteiger partial charge in [-0.1, -0.05) is 19.9 Å². The van der Waals surface area contributed by atoms with E-state index in [-0.39, 0.29) is 0 Å². The highest BCUT2D eigenvalue weighted by atomic mass is 16.5. The van der Waals surface area contributed by atoms with Crippen molar-refractivity contribution in [3.8, 4) is 5.75 Å². The first kappa shape index (κ1) is 11.5. The molecular formula is C14H20O2. The third kappa shape index (κ3) is 1.94. The Labute approximate surface area is 97.3 Å². The summed E-state index contributed by atoms with van der Waals surface area (Å²) in [5.41, 5.74) is 1.70. The largest absolute Gasteiger partial charge is 0.497 e. The van der Waals surface area contributed by atoms with E-state index in [1.807, 2.05) is 12.1 Å².